The van der Waals surface area contributed by atoms with Gasteiger partial charge >= 0.3 is 0 Å². The summed E-state index contributed by atoms with van der Waals surface area (Å²) >= 11 is 0. The van der Waals surface area contributed by atoms with Gasteiger partial charge in [-0.2, -0.15) is 0 Å². The number of hydrogen-bond donors (Lipinski definition) is 2. The van der Waals surface area contributed by atoms with Crippen molar-refractivity contribution in [2.45, 2.75) is 19.4 Å². The SMILES string of the molecule is NCc1cc(C(=O)NCCCCOc2ccc(F)cc2)co1. The highest BCUT2D eigenvalue weighted by Crippen LogP contribution is 2.11. The lowest BCUT2D eigenvalue weighted by Crippen LogP contribution is -2.24. The zero-order chi connectivity index (χ0) is 15.8. The number of rotatable bonds is 8. The Labute approximate surface area is 128 Å². The Morgan fingerprint density at radius 2 is 2.05 bits per heavy atom. The molecule has 0 saturated heterocycles. The maximum atomic E-state index is 12.7. The predicted octanol–water partition coefficient (Wildman–Crippen LogP) is 2.47. The molecule has 118 valence electrons. The van der Waals surface area contributed by atoms with Crippen LogP contribution in [0.2, 0.25) is 0 Å². The second kappa shape index (κ2) is 8.19. The van der Waals surface area contributed by atoms with Crippen LogP contribution in [0.15, 0.2) is 41.0 Å². The summed E-state index contributed by atoms with van der Waals surface area (Å²) in [4.78, 5) is 11.8. The van der Waals surface area contributed by atoms with Gasteiger partial charge < -0.3 is 20.2 Å². The Morgan fingerprint density at radius 1 is 1.27 bits per heavy atom. The maximum absolute atomic E-state index is 12.7. The third kappa shape index (κ3) is 4.89. The van der Waals surface area contributed by atoms with Gasteiger partial charge in [-0.05, 0) is 43.2 Å². The van der Waals surface area contributed by atoms with Crippen molar-refractivity contribution in [1.82, 2.24) is 5.32 Å². The molecule has 0 aliphatic heterocycles. The summed E-state index contributed by atoms with van der Waals surface area (Å²) in [6, 6.07) is 7.52. The molecule has 1 aromatic carbocycles. The first kappa shape index (κ1) is 16.0. The molecule has 0 aliphatic carbocycles. The number of furan rings is 1. The lowest BCUT2D eigenvalue weighted by atomic mass is 10.2. The van der Waals surface area contributed by atoms with Crippen molar-refractivity contribution < 1.29 is 18.3 Å². The zero-order valence-corrected chi connectivity index (χ0v) is 12.2. The largest absolute Gasteiger partial charge is 0.494 e. The van der Waals surface area contributed by atoms with E-state index >= 15 is 0 Å². The average molecular weight is 306 g/mol. The summed E-state index contributed by atoms with van der Waals surface area (Å²) in [5.41, 5.74) is 5.89. The van der Waals surface area contributed by atoms with Crippen LogP contribution in [0, 0.1) is 5.82 Å². The Morgan fingerprint density at radius 3 is 2.73 bits per heavy atom. The number of nitrogens with two attached hydrogens (primary N) is 1. The third-order valence-electron chi connectivity index (χ3n) is 3.06. The lowest BCUT2D eigenvalue weighted by Gasteiger charge is -2.06. The zero-order valence-electron chi connectivity index (χ0n) is 12.2. The number of carbonyl (C=O) groups is 1. The molecule has 0 bridgehead atoms. The van der Waals surface area contributed by atoms with Crippen LogP contribution in [0.25, 0.3) is 0 Å². The van der Waals surface area contributed by atoms with Gasteiger partial charge in [-0.3, -0.25) is 4.79 Å². The molecule has 3 N–H and O–H groups in total. The number of ether oxygens (including phenoxy) is 1. The van der Waals surface area contributed by atoms with Gasteiger partial charge in [0.05, 0.1) is 18.7 Å². The van der Waals surface area contributed by atoms with Crippen molar-refractivity contribution in [2.24, 2.45) is 5.73 Å². The highest BCUT2D eigenvalue weighted by molar-refractivity contribution is 5.93. The van der Waals surface area contributed by atoms with Crippen LogP contribution in [-0.2, 0) is 6.54 Å². The molecule has 22 heavy (non-hydrogen) atoms. The molecule has 2 rings (SSSR count). The van der Waals surface area contributed by atoms with E-state index < -0.39 is 0 Å². The second-order valence-electron chi connectivity index (χ2n) is 4.77. The van der Waals surface area contributed by atoms with Gasteiger partial charge in [0.1, 0.15) is 23.6 Å². The molecule has 0 spiro atoms. The molecule has 0 atom stereocenters. The van der Waals surface area contributed by atoms with Gasteiger partial charge in [0.15, 0.2) is 0 Å². The van der Waals surface area contributed by atoms with E-state index in [9.17, 15) is 9.18 Å². The Balaban J connectivity index is 1.59. The van der Waals surface area contributed by atoms with Gasteiger partial charge in [-0.25, -0.2) is 4.39 Å². The van der Waals surface area contributed by atoms with Gasteiger partial charge in [-0.15, -0.1) is 0 Å². The molecule has 1 aromatic heterocycles. The van der Waals surface area contributed by atoms with Crippen LogP contribution in [-0.4, -0.2) is 19.1 Å². The van der Waals surface area contributed by atoms with E-state index in [1.165, 1.54) is 18.4 Å². The van der Waals surface area contributed by atoms with Crippen molar-refractivity contribution in [1.29, 1.82) is 0 Å². The lowest BCUT2D eigenvalue weighted by molar-refractivity contribution is 0.0951. The number of halogens is 1. The van der Waals surface area contributed by atoms with Gasteiger partial charge in [0.25, 0.3) is 5.91 Å². The molecule has 1 amide bonds. The first-order chi connectivity index (χ1) is 10.7. The molecule has 0 unspecified atom stereocenters. The predicted molar refractivity (Wildman–Crippen MR) is 80.1 cm³/mol. The molecule has 5 nitrogen and oxygen atoms in total. The number of unbranched alkanes of at least 4 members (excludes halogenated alkanes) is 1. The fraction of sp³-hybridized carbons (Fsp3) is 0.312. The second-order valence-corrected chi connectivity index (χ2v) is 4.77. The van der Waals surface area contributed by atoms with Gasteiger partial charge in [0.2, 0.25) is 0 Å². The summed E-state index contributed by atoms with van der Waals surface area (Å²) in [6.45, 7) is 1.34. The first-order valence-corrected chi connectivity index (χ1v) is 7.13. The Hall–Kier alpha value is -2.34. The minimum Gasteiger partial charge on any atom is -0.494 e. The smallest absolute Gasteiger partial charge is 0.254 e. The number of amides is 1. The van der Waals surface area contributed by atoms with Gasteiger partial charge in [-0.1, -0.05) is 0 Å². The first-order valence-electron chi connectivity index (χ1n) is 7.13. The van der Waals surface area contributed by atoms with Crippen molar-refractivity contribution in [3.8, 4) is 5.75 Å². The van der Waals surface area contributed by atoms with E-state index in [0.717, 1.165) is 12.8 Å². The van der Waals surface area contributed by atoms with Crippen molar-refractivity contribution >= 4 is 5.91 Å². The van der Waals surface area contributed by atoms with Crippen LogP contribution >= 0.6 is 0 Å². The number of hydrogen-bond acceptors (Lipinski definition) is 4. The molecule has 0 aliphatic rings. The van der Waals surface area contributed by atoms with Crippen LogP contribution in [0.4, 0.5) is 4.39 Å². The van der Waals surface area contributed by atoms with Crippen LogP contribution in [0.5, 0.6) is 5.75 Å². The summed E-state index contributed by atoms with van der Waals surface area (Å²) in [6.07, 6.45) is 2.97. The van der Waals surface area contributed by atoms with Crippen molar-refractivity contribution in [2.75, 3.05) is 13.2 Å². The average Bonchev–Trinajstić information content (AvgIpc) is 3.01. The van der Waals surface area contributed by atoms with E-state index in [0.29, 0.717) is 30.2 Å². The summed E-state index contributed by atoms with van der Waals surface area (Å²) < 4.78 is 23.3. The highest BCUT2D eigenvalue weighted by atomic mass is 19.1. The van der Waals surface area contributed by atoms with E-state index in [4.69, 9.17) is 14.9 Å². The topological polar surface area (TPSA) is 77.5 Å². The fourth-order valence-corrected chi connectivity index (χ4v) is 1.86. The van der Waals surface area contributed by atoms with Crippen LogP contribution in [0.1, 0.15) is 29.0 Å². The number of nitrogens with one attached hydrogen (secondary N) is 1. The molecular formula is C16H19FN2O3. The van der Waals surface area contributed by atoms with Gasteiger partial charge in [0, 0.05) is 6.54 Å². The molecular weight excluding hydrogens is 287 g/mol. The number of benzene rings is 1. The molecule has 1 heterocycles. The summed E-state index contributed by atoms with van der Waals surface area (Å²) in [5.74, 6) is 0.756. The molecule has 0 saturated carbocycles. The minimum absolute atomic E-state index is 0.178. The summed E-state index contributed by atoms with van der Waals surface area (Å²) in [5, 5.41) is 2.80. The highest BCUT2D eigenvalue weighted by Gasteiger charge is 2.08. The minimum atomic E-state index is -0.285. The van der Waals surface area contributed by atoms with Crippen LogP contribution in [0.3, 0.4) is 0 Å². The van der Waals surface area contributed by atoms with Crippen LogP contribution < -0.4 is 15.8 Å². The van der Waals surface area contributed by atoms with Crippen molar-refractivity contribution in [3.63, 3.8) is 0 Å². The number of carbonyl (C=O) groups excluding carboxylic acids is 1. The van der Waals surface area contributed by atoms with E-state index in [1.54, 1.807) is 18.2 Å². The Kier molecular flexibility index (Phi) is 5.97. The maximum Gasteiger partial charge on any atom is 0.254 e. The molecule has 0 radical (unpaired) electrons. The molecule has 0 fully saturated rings. The molecule has 6 heteroatoms. The van der Waals surface area contributed by atoms with E-state index in [1.807, 2.05) is 0 Å². The fourth-order valence-electron chi connectivity index (χ4n) is 1.86. The monoisotopic (exact) mass is 306 g/mol. The summed E-state index contributed by atoms with van der Waals surface area (Å²) in [7, 11) is 0. The standard InChI is InChI=1S/C16H19FN2O3/c17-13-3-5-14(6-4-13)21-8-2-1-7-19-16(20)12-9-15(10-18)22-11-12/h3-6,9,11H,1-2,7-8,10,18H2,(H,19,20). The van der Waals surface area contributed by atoms with Crippen molar-refractivity contribution in [3.05, 3.63) is 53.7 Å². The van der Waals surface area contributed by atoms with E-state index in [-0.39, 0.29) is 18.3 Å². The Bertz CT molecular complexity index is 596. The normalized spacial score (nSPS) is 10.5. The third-order valence-corrected chi connectivity index (χ3v) is 3.06. The quantitative estimate of drug-likeness (QED) is 0.734. The van der Waals surface area contributed by atoms with E-state index in [2.05, 4.69) is 5.32 Å². The molecule has 2 aromatic rings.